The van der Waals surface area contributed by atoms with E-state index in [2.05, 4.69) is 10.6 Å². The first-order valence-electron chi connectivity index (χ1n) is 9.11. The molecule has 156 valence electrons. The highest BCUT2D eigenvalue weighted by Gasteiger charge is 2.43. The van der Waals surface area contributed by atoms with E-state index >= 15 is 0 Å². The van der Waals surface area contributed by atoms with Gasteiger partial charge in [0.1, 0.15) is 12.1 Å². The fourth-order valence-electron chi connectivity index (χ4n) is 3.65. The minimum atomic E-state index is -4.48. The van der Waals surface area contributed by atoms with Crippen LogP contribution in [0.15, 0.2) is 36.4 Å². The predicted octanol–water partition coefficient (Wildman–Crippen LogP) is 2.99. The van der Waals surface area contributed by atoms with Gasteiger partial charge in [0.25, 0.3) is 0 Å². The van der Waals surface area contributed by atoms with Crippen LogP contribution in [-0.2, 0) is 15.8 Å². The number of urea groups is 1. The van der Waals surface area contributed by atoms with E-state index in [0.29, 0.717) is 19.3 Å². The number of benzene rings is 1. The summed E-state index contributed by atoms with van der Waals surface area (Å²) in [5, 5.41) is 14.3. The van der Waals surface area contributed by atoms with Crippen molar-refractivity contribution in [1.29, 1.82) is 0 Å². The number of rotatable bonds is 3. The molecule has 2 aliphatic rings. The average molecular weight is 411 g/mol. The van der Waals surface area contributed by atoms with Crippen LogP contribution in [0, 0.1) is 0 Å². The number of alkyl halides is 3. The monoisotopic (exact) mass is 411 g/mol. The van der Waals surface area contributed by atoms with Crippen LogP contribution in [-0.4, -0.2) is 46.0 Å². The molecule has 2 heterocycles. The molecule has 0 spiro atoms. The van der Waals surface area contributed by atoms with Gasteiger partial charge < -0.3 is 20.6 Å². The smallest absolute Gasteiger partial charge is 0.416 e. The van der Waals surface area contributed by atoms with Gasteiger partial charge >= 0.3 is 18.2 Å². The molecule has 29 heavy (non-hydrogen) atoms. The van der Waals surface area contributed by atoms with Crippen LogP contribution >= 0.6 is 0 Å². The molecule has 0 aromatic heterocycles. The summed E-state index contributed by atoms with van der Waals surface area (Å²) in [6, 6.07) is 1.00. The average Bonchev–Trinajstić information content (AvgIpc) is 3.06. The van der Waals surface area contributed by atoms with E-state index in [1.807, 2.05) is 6.08 Å². The second kappa shape index (κ2) is 8.14. The number of hydrogen-bond donors (Lipinski definition) is 3. The lowest BCUT2D eigenvalue weighted by Crippen LogP contribution is -2.55. The molecule has 1 aromatic rings. The lowest BCUT2D eigenvalue weighted by atomic mass is 10.0. The van der Waals surface area contributed by atoms with Crippen LogP contribution in [0.25, 0.3) is 0 Å². The molecule has 3 N–H and O–H groups in total. The maximum atomic E-state index is 12.9. The fraction of sp³-hybridized carbons (Fsp3) is 0.421. The van der Waals surface area contributed by atoms with Gasteiger partial charge in [0, 0.05) is 11.7 Å². The Balaban J connectivity index is 1.68. The Bertz CT molecular complexity index is 823. The molecule has 2 aliphatic heterocycles. The molecule has 3 rings (SSSR count). The van der Waals surface area contributed by atoms with Crippen LogP contribution in [0.1, 0.15) is 31.2 Å². The molecule has 0 saturated carbocycles. The zero-order chi connectivity index (χ0) is 21.2. The summed E-state index contributed by atoms with van der Waals surface area (Å²) in [6.07, 6.45) is 0.797. The van der Waals surface area contributed by atoms with Crippen molar-refractivity contribution in [3.63, 3.8) is 0 Å². The third-order valence-electron chi connectivity index (χ3n) is 5.06. The fourth-order valence-corrected chi connectivity index (χ4v) is 3.65. The van der Waals surface area contributed by atoms with Gasteiger partial charge in [-0.15, -0.1) is 0 Å². The minimum absolute atomic E-state index is 0.131. The van der Waals surface area contributed by atoms with Crippen LogP contribution in [0.4, 0.5) is 23.7 Å². The SMILES string of the molecule is O=C(Nc1ccc(C(F)(F)F)cc1)N[C@H]1CC=CC[C@@H]2CC[C@@H](C(=O)O)N2C1=O. The predicted molar refractivity (Wildman–Crippen MR) is 97.1 cm³/mol. The quantitative estimate of drug-likeness (QED) is 0.666. The van der Waals surface area contributed by atoms with E-state index in [0.717, 1.165) is 24.3 Å². The highest BCUT2D eigenvalue weighted by Crippen LogP contribution is 2.30. The molecule has 1 fully saturated rings. The molecular weight excluding hydrogens is 391 g/mol. The molecule has 3 atom stereocenters. The van der Waals surface area contributed by atoms with Crippen molar-refractivity contribution in [3.05, 3.63) is 42.0 Å². The summed E-state index contributed by atoms with van der Waals surface area (Å²) >= 11 is 0. The van der Waals surface area contributed by atoms with Crippen molar-refractivity contribution in [2.24, 2.45) is 0 Å². The Hall–Kier alpha value is -3.04. The number of fused-ring (bicyclic) bond motifs is 1. The van der Waals surface area contributed by atoms with E-state index in [1.54, 1.807) is 6.08 Å². The zero-order valence-electron chi connectivity index (χ0n) is 15.3. The third kappa shape index (κ3) is 4.69. The third-order valence-corrected chi connectivity index (χ3v) is 5.06. The highest BCUT2D eigenvalue weighted by atomic mass is 19.4. The normalized spacial score (nSPS) is 24.4. The Morgan fingerprint density at radius 2 is 1.72 bits per heavy atom. The first-order valence-corrected chi connectivity index (χ1v) is 9.11. The first kappa shape index (κ1) is 20.7. The first-order chi connectivity index (χ1) is 13.7. The second-order valence-corrected chi connectivity index (χ2v) is 7.00. The summed E-state index contributed by atoms with van der Waals surface area (Å²) in [4.78, 5) is 38.0. The molecule has 3 amide bonds. The van der Waals surface area contributed by atoms with E-state index in [4.69, 9.17) is 0 Å². The van der Waals surface area contributed by atoms with Crippen molar-refractivity contribution in [3.8, 4) is 0 Å². The number of aliphatic carboxylic acids is 1. The van der Waals surface area contributed by atoms with Gasteiger partial charge in [0.2, 0.25) is 5.91 Å². The van der Waals surface area contributed by atoms with Gasteiger partial charge in [-0.3, -0.25) is 4.79 Å². The number of nitrogens with zero attached hydrogens (tertiary/aromatic N) is 1. The van der Waals surface area contributed by atoms with Crippen molar-refractivity contribution >= 4 is 23.6 Å². The van der Waals surface area contributed by atoms with Gasteiger partial charge in [-0.05, 0) is 49.9 Å². The summed E-state index contributed by atoms with van der Waals surface area (Å²) in [7, 11) is 0. The van der Waals surface area contributed by atoms with Crippen LogP contribution in [0.3, 0.4) is 0 Å². The lowest BCUT2D eigenvalue weighted by Gasteiger charge is -2.32. The number of carbonyl (C=O) groups excluding carboxylic acids is 2. The summed E-state index contributed by atoms with van der Waals surface area (Å²) < 4.78 is 37.8. The standard InChI is InChI=1S/C19H20F3N3O4/c20-19(21,22)11-5-7-12(8-6-11)23-18(29)24-14-4-2-1-3-13-9-10-15(17(27)28)25(13)16(14)26/h1-2,5-8,13-15H,3-4,9-10H2,(H,27,28)(H2,23,24,29)/t13-,14+,15+/m1/s1. The summed E-state index contributed by atoms with van der Waals surface area (Å²) in [5.41, 5.74) is -0.713. The minimum Gasteiger partial charge on any atom is -0.480 e. The summed E-state index contributed by atoms with van der Waals surface area (Å²) in [6.45, 7) is 0. The molecule has 0 aliphatic carbocycles. The Kier molecular flexibility index (Phi) is 5.81. The van der Waals surface area contributed by atoms with E-state index in [9.17, 15) is 32.7 Å². The van der Waals surface area contributed by atoms with Crippen LogP contribution in [0.5, 0.6) is 0 Å². The van der Waals surface area contributed by atoms with Crippen molar-refractivity contribution in [2.45, 2.75) is 50.0 Å². The van der Waals surface area contributed by atoms with Gasteiger partial charge in [-0.25, -0.2) is 9.59 Å². The van der Waals surface area contributed by atoms with Gasteiger partial charge in [0.05, 0.1) is 5.56 Å². The largest absolute Gasteiger partial charge is 0.480 e. The highest BCUT2D eigenvalue weighted by molar-refractivity contribution is 5.95. The Morgan fingerprint density at radius 3 is 2.34 bits per heavy atom. The Morgan fingerprint density at radius 1 is 1.07 bits per heavy atom. The van der Waals surface area contributed by atoms with Crippen molar-refractivity contribution in [1.82, 2.24) is 10.2 Å². The molecule has 1 saturated heterocycles. The zero-order valence-corrected chi connectivity index (χ0v) is 15.3. The molecule has 1 aromatic carbocycles. The topological polar surface area (TPSA) is 98.7 Å². The number of anilines is 1. The Labute approximate surface area is 164 Å². The maximum absolute atomic E-state index is 12.9. The molecule has 10 heteroatoms. The molecular formula is C19H20F3N3O4. The number of nitrogens with one attached hydrogen (secondary N) is 2. The second-order valence-electron chi connectivity index (χ2n) is 7.00. The number of carbonyl (C=O) groups is 3. The van der Waals surface area contributed by atoms with E-state index in [1.165, 1.54) is 4.90 Å². The molecule has 0 unspecified atom stereocenters. The molecule has 0 radical (unpaired) electrons. The molecule has 7 nitrogen and oxygen atoms in total. The van der Waals surface area contributed by atoms with Gasteiger partial charge in [-0.2, -0.15) is 13.2 Å². The van der Waals surface area contributed by atoms with Crippen molar-refractivity contribution < 1.29 is 32.7 Å². The lowest BCUT2D eigenvalue weighted by molar-refractivity contribution is -0.150. The molecule has 0 bridgehead atoms. The number of carboxylic acid groups (broad SMARTS) is 1. The number of halogens is 3. The van der Waals surface area contributed by atoms with Crippen LogP contribution < -0.4 is 10.6 Å². The van der Waals surface area contributed by atoms with Crippen LogP contribution in [0.2, 0.25) is 0 Å². The van der Waals surface area contributed by atoms with Gasteiger partial charge in [0.15, 0.2) is 0 Å². The number of carboxylic acids is 1. The van der Waals surface area contributed by atoms with E-state index < -0.39 is 41.7 Å². The summed E-state index contributed by atoms with van der Waals surface area (Å²) in [5.74, 6) is -1.56. The van der Waals surface area contributed by atoms with Crippen molar-refractivity contribution in [2.75, 3.05) is 5.32 Å². The van der Waals surface area contributed by atoms with E-state index in [-0.39, 0.29) is 18.2 Å². The van der Waals surface area contributed by atoms with Gasteiger partial charge in [-0.1, -0.05) is 12.2 Å². The number of hydrogen-bond acceptors (Lipinski definition) is 3. The maximum Gasteiger partial charge on any atom is 0.416 e. The number of amides is 3.